The number of aromatic nitrogens is 4. The summed E-state index contributed by atoms with van der Waals surface area (Å²) in [5, 5.41) is 0. The fourth-order valence-corrected chi connectivity index (χ4v) is 6.97. The zero-order chi connectivity index (χ0) is 32.7. The highest BCUT2D eigenvalue weighted by molar-refractivity contribution is 6.09. The van der Waals surface area contributed by atoms with E-state index >= 15 is 0 Å². The Balaban J connectivity index is 1.59. The van der Waals surface area contributed by atoms with Crippen molar-refractivity contribution in [2.24, 2.45) is 0 Å². The summed E-state index contributed by atoms with van der Waals surface area (Å²) in [6, 6.07) is 42.8. The third-order valence-electron chi connectivity index (χ3n) is 9.20. The standard InChI is InChI=1S/C44H33N5/c1-48-25-23-32(24-26-48)41-39-22-21-36(47-39)28-35-18-17-33(45-35)27-34-19-20-37(46-34)29-40-42(30-11-5-2-6-12-30)43(31-13-7-3-8-14-31)44(41)49(40)38-15-9-4-10-16-38/h2-25,27-29,45H,26H2,1H3. The largest absolute Gasteiger partial charge is 0.377 e. The molecule has 0 saturated heterocycles. The topological polar surface area (TPSA) is 49.7 Å². The Morgan fingerprint density at radius 1 is 0.571 bits per heavy atom. The average Bonchev–Trinajstić information content (AvgIpc) is 3.95. The first kappa shape index (κ1) is 28.7. The van der Waals surface area contributed by atoms with Crippen molar-refractivity contribution in [1.82, 2.24) is 24.4 Å². The predicted molar refractivity (Wildman–Crippen MR) is 204 cm³/mol. The summed E-state index contributed by atoms with van der Waals surface area (Å²) in [5.74, 6) is 0. The number of H-pyrrole nitrogens is 1. The van der Waals surface area contributed by atoms with Gasteiger partial charge in [-0.3, -0.25) is 0 Å². The second-order valence-electron chi connectivity index (χ2n) is 12.5. The van der Waals surface area contributed by atoms with Crippen LogP contribution in [-0.4, -0.2) is 38.0 Å². The van der Waals surface area contributed by atoms with Gasteiger partial charge in [0.1, 0.15) is 0 Å². The second-order valence-corrected chi connectivity index (χ2v) is 12.5. The molecule has 5 heteroatoms. The number of nitrogens with one attached hydrogen (secondary N) is 1. The summed E-state index contributed by atoms with van der Waals surface area (Å²) in [5.41, 5.74) is 15.6. The van der Waals surface area contributed by atoms with Crippen LogP contribution in [0.5, 0.6) is 0 Å². The van der Waals surface area contributed by atoms with Crippen molar-refractivity contribution in [2.45, 2.75) is 0 Å². The maximum absolute atomic E-state index is 5.32. The molecule has 8 bridgehead atoms. The summed E-state index contributed by atoms with van der Waals surface area (Å²) in [6.07, 6.45) is 15.2. The lowest BCUT2D eigenvalue weighted by atomic mass is 9.92. The van der Waals surface area contributed by atoms with Crippen molar-refractivity contribution in [3.05, 3.63) is 168 Å². The zero-order valence-corrected chi connectivity index (χ0v) is 27.1. The molecule has 6 heterocycles. The Bertz CT molecular complexity index is 2510. The van der Waals surface area contributed by atoms with Gasteiger partial charge in [-0.25, -0.2) is 9.97 Å². The molecule has 5 nitrogen and oxygen atoms in total. The van der Waals surface area contributed by atoms with E-state index in [1.54, 1.807) is 0 Å². The SMILES string of the molecule is CN1C=CC(c2c3nc(cc4ccc(cc5nc(cc6c(-c7ccccc7)c(-c7ccccc7)c2n6-c2ccccc2)C=C5)[nH]4)C=C3)=CC1. The fraction of sp³-hybridized carbons (Fsp3) is 0.0455. The fourth-order valence-electron chi connectivity index (χ4n) is 6.97. The van der Waals surface area contributed by atoms with Gasteiger partial charge >= 0.3 is 0 Å². The van der Waals surface area contributed by atoms with Gasteiger partial charge in [0.2, 0.25) is 0 Å². The zero-order valence-electron chi connectivity index (χ0n) is 27.1. The Labute approximate surface area is 285 Å². The third-order valence-corrected chi connectivity index (χ3v) is 9.20. The van der Waals surface area contributed by atoms with Crippen molar-refractivity contribution in [3.63, 3.8) is 0 Å². The molecule has 3 aromatic carbocycles. The van der Waals surface area contributed by atoms with Crippen LogP contribution in [0.1, 0.15) is 28.3 Å². The van der Waals surface area contributed by atoms with Crippen molar-refractivity contribution in [3.8, 4) is 27.9 Å². The second kappa shape index (κ2) is 12.0. The summed E-state index contributed by atoms with van der Waals surface area (Å²) >= 11 is 0. The number of fused-ring (bicyclic) bond motifs is 8. The van der Waals surface area contributed by atoms with E-state index in [4.69, 9.17) is 9.97 Å². The van der Waals surface area contributed by atoms with Crippen molar-refractivity contribution in [2.75, 3.05) is 13.6 Å². The number of likely N-dealkylation sites (N-methyl/N-ethyl adjacent to an activating group) is 1. The molecule has 0 spiro atoms. The molecular weight excluding hydrogens is 599 g/mol. The molecule has 3 aromatic heterocycles. The highest BCUT2D eigenvalue weighted by atomic mass is 15.1. The number of nitrogens with zero attached hydrogens (tertiary/aromatic N) is 4. The quantitative estimate of drug-likeness (QED) is 0.210. The first-order valence-corrected chi connectivity index (χ1v) is 16.6. The van der Waals surface area contributed by atoms with Crippen molar-refractivity contribution in [1.29, 1.82) is 0 Å². The maximum Gasteiger partial charge on any atom is 0.0737 e. The van der Waals surface area contributed by atoms with Crippen LogP contribution < -0.4 is 0 Å². The third kappa shape index (κ3) is 5.31. The molecule has 0 radical (unpaired) electrons. The summed E-state index contributed by atoms with van der Waals surface area (Å²) < 4.78 is 2.42. The number of hydrogen-bond acceptors (Lipinski definition) is 3. The van der Waals surface area contributed by atoms with Crippen LogP contribution in [0.25, 0.3) is 79.9 Å². The summed E-state index contributed by atoms with van der Waals surface area (Å²) in [6.45, 7) is 0.800. The summed E-state index contributed by atoms with van der Waals surface area (Å²) in [4.78, 5) is 16.1. The number of aromatic amines is 1. The molecule has 0 amide bonds. The van der Waals surface area contributed by atoms with E-state index in [9.17, 15) is 0 Å². The molecule has 0 fully saturated rings. The van der Waals surface area contributed by atoms with Crippen LogP contribution in [-0.2, 0) is 0 Å². The minimum absolute atomic E-state index is 0.800. The van der Waals surface area contributed by atoms with Crippen LogP contribution in [0, 0.1) is 0 Å². The normalized spacial score (nSPS) is 13.6. The maximum atomic E-state index is 5.32. The summed E-state index contributed by atoms with van der Waals surface area (Å²) in [7, 11) is 2.10. The molecule has 0 atom stereocenters. The van der Waals surface area contributed by atoms with Gasteiger partial charge in [0, 0.05) is 47.0 Å². The van der Waals surface area contributed by atoms with Crippen LogP contribution in [0.4, 0.5) is 0 Å². The number of benzene rings is 3. The molecule has 1 N–H and O–H groups in total. The van der Waals surface area contributed by atoms with Gasteiger partial charge in [0.05, 0.1) is 33.8 Å². The van der Waals surface area contributed by atoms with E-state index < -0.39 is 0 Å². The van der Waals surface area contributed by atoms with Gasteiger partial charge < -0.3 is 14.5 Å². The van der Waals surface area contributed by atoms with E-state index in [1.165, 1.54) is 0 Å². The van der Waals surface area contributed by atoms with Crippen molar-refractivity contribution >= 4 is 51.9 Å². The van der Waals surface area contributed by atoms with Gasteiger partial charge in [-0.1, -0.05) is 84.9 Å². The molecule has 0 saturated carbocycles. The molecule has 3 aliphatic rings. The van der Waals surface area contributed by atoms with E-state index in [0.29, 0.717) is 0 Å². The van der Waals surface area contributed by atoms with Crippen LogP contribution in [0.3, 0.4) is 0 Å². The monoisotopic (exact) mass is 631 g/mol. The van der Waals surface area contributed by atoms with Gasteiger partial charge in [0.15, 0.2) is 0 Å². The Morgan fingerprint density at radius 2 is 1.16 bits per heavy atom. The van der Waals surface area contributed by atoms with Crippen molar-refractivity contribution < 1.29 is 0 Å². The van der Waals surface area contributed by atoms with Gasteiger partial charge in [-0.2, -0.15) is 0 Å². The molecule has 0 aliphatic carbocycles. The average molecular weight is 632 g/mol. The molecule has 3 aliphatic heterocycles. The minimum Gasteiger partial charge on any atom is -0.377 e. The van der Waals surface area contributed by atoms with E-state index in [-0.39, 0.29) is 0 Å². The van der Waals surface area contributed by atoms with E-state index in [2.05, 4.69) is 185 Å². The van der Waals surface area contributed by atoms with E-state index in [1.807, 2.05) is 0 Å². The molecule has 234 valence electrons. The molecule has 49 heavy (non-hydrogen) atoms. The smallest absolute Gasteiger partial charge is 0.0737 e. The van der Waals surface area contributed by atoms with Gasteiger partial charge in [-0.15, -0.1) is 0 Å². The Kier molecular flexibility index (Phi) is 7.02. The lowest BCUT2D eigenvalue weighted by Gasteiger charge is -2.19. The van der Waals surface area contributed by atoms with Gasteiger partial charge in [0.25, 0.3) is 0 Å². The van der Waals surface area contributed by atoms with Crippen LogP contribution in [0.15, 0.2) is 140 Å². The molecule has 0 unspecified atom stereocenters. The predicted octanol–water partition coefficient (Wildman–Crippen LogP) is 10.3. The van der Waals surface area contributed by atoms with E-state index in [0.717, 1.165) is 90.5 Å². The minimum atomic E-state index is 0.800. The van der Waals surface area contributed by atoms with Crippen LogP contribution in [0.2, 0.25) is 0 Å². The Hall–Kier alpha value is -6.46. The first-order chi connectivity index (χ1) is 24.2. The first-order valence-electron chi connectivity index (χ1n) is 16.6. The molecule has 9 rings (SSSR count). The number of rotatable bonds is 4. The van der Waals surface area contributed by atoms with Crippen LogP contribution >= 0.6 is 0 Å². The lowest BCUT2D eigenvalue weighted by molar-refractivity contribution is 0.506. The Morgan fingerprint density at radius 3 is 1.82 bits per heavy atom. The number of para-hydroxylation sites is 1. The van der Waals surface area contributed by atoms with Gasteiger partial charge in [-0.05, 0) is 95.7 Å². The highest BCUT2D eigenvalue weighted by Gasteiger charge is 2.26. The molecule has 6 aromatic rings. The lowest BCUT2D eigenvalue weighted by Crippen LogP contribution is -2.13. The highest BCUT2D eigenvalue weighted by Crippen LogP contribution is 2.46. The number of allylic oxidation sites excluding steroid dienone is 2. The number of hydrogen-bond donors (Lipinski definition) is 1. The molecular formula is C44H33N5.